The van der Waals surface area contributed by atoms with Gasteiger partial charge in [0.1, 0.15) is 0 Å². The van der Waals surface area contributed by atoms with E-state index in [1.54, 1.807) is 36.0 Å². The average molecular weight is 396 g/mol. The van der Waals surface area contributed by atoms with Crippen LogP contribution in [-0.4, -0.2) is 44.8 Å². The number of carbonyl (C=O) groups excluding carboxylic acids is 2. The van der Waals surface area contributed by atoms with Crippen molar-refractivity contribution >= 4 is 29.3 Å². The van der Waals surface area contributed by atoms with E-state index < -0.39 is 0 Å². The second-order valence-corrected chi connectivity index (χ2v) is 7.15. The Labute approximate surface area is 166 Å². The maximum absolute atomic E-state index is 12.2. The number of anilines is 1. The fourth-order valence-electron chi connectivity index (χ4n) is 2.68. The van der Waals surface area contributed by atoms with E-state index in [2.05, 4.69) is 32.2 Å². The molecule has 0 aliphatic rings. The lowest BCUT2D eigenvalue weighted by Crippen LogP contribution is -2.18. The molecule has 2 N–H and O–H groups in total. The Kier molecular flexibility index (Phi) is 6.05. The highest BCUT2D eigenvalue weighted by Gasteiger charge is 2.12. The summed E-state index contributed by atoms with van der Waals surface area (Å²) in [6, 6.07) is 12.7. The van der Waals surface area contributed by atoms with Crippen LogP contribution in [0.25, 0.3) is 5.69 Å². The average Bonchev–Trinajstić information content (AvgIpc) is 3.14. The molecule has 2 aromatic carbocycles. The van der Waals surface area contributed by atoms with Gasteiger partial charge in [0.25, 0.3) is 5.91 Å². The molecule has 8 nitrogen and oxygen atoms in total. The van der Waals surface area contributed by atoms with E-state index in [9.17, 15) is 9.59 Å². The maximum atomic E-state index is 12.2. The van der Waals surface area contributed by atoms with Crippen molar-refractivity contribution in [3.8, 4) is 5.69 Å². The molecule has 2 amide bonds. The summed E-state index contributed by atoms with van der Waals surface area (Å²) in [5, 5.41) is 17.7. The number of tetrazole rings is 1. The molecule has 0 aliphatic heterocycles. The van der Waals surface area contributed by atoms with Gasteiger partial charge < -0.3 is 10.6 Å². The van der Waals surface area contributed by atoms with E-state index >= 15 is 0 Å². The Morgan fingerprint density at radius 2 is 1.75 bits per heavy atom. The van der Waals surface area contributed by atoms with Gasteiger partial charge in [0.2, 0.25) is 11.1 Å². The highest BCUT2D eigenvalue weighted by atomic mass is 32.2. The molecule has 0 fully saturated rings. The second-order valence-electron chi connectivity index (χ2n) is 6.21. The SMILES string of the molecule is CNC(=O)c1ccc(NC(=O)CSc2nnnn2-c2cc(C)cc(C)c2)cc1. The Hall–Kier alpha value is -3.20. The Bertz CT molecular complexity index is 980. The van der Waals surface area contributed by atoms with Gasteiger partial charge in [0.15, 0.2) is 0 Å². The van der Waals surface area contributed by atoms with Crippen LogP contribution >= 0.6 is 11.8 Å². The monoisotopic (exact) mass is 396 g/mol. The van der Waals surface area contributed by atoms with E-state index in [-0.39, 0.29) is 17.6 Å². The number of carbonyl (C=O) groups is 2. The lowest BCUT2D eigenvalue weighted by molar-refractivity contribution is -0.113. The van der Waals surface area contributed by atoms with Crippen molar-refractivity contribution in [2.24, 2.45) is 0 Å². The van der Waals surface area contributed by atoms with Crippen molar-refractivity contribution in [1.82, 2.24) is 25.5 Å². The lowest BCUT2D eigenvalue weighted by Gasteiger charge is -2.08. The molecule has 0 saturated carbocycles. The molecule has 1 heterocycles. The smallest absolute Gasteiger partial charge is 0.251 e. The third-order valence-corrected chi connectivity index (χ3v) is 4.80. The summed E-state index contributed by atoms with van der Waals surface area (Å²) in [5.41, 5.74) is 4.23. The van der Waals surface area contributed by atoms with Crippen molar-refractivity contribution in [2.45, 2.75) is 19.0 Å². The summed E-state index contributed by atoms with van der Waals surface area (Å²) in [6.07, 6.45) is 0. The zero-order valence-electron chi connectivity index (χ0n) is 15.8. The molecule has 3 aromatic rings. The van der Waals surface area contributed by atoms with Crippen molar-refractivity contribution in [3.63, 3.8) is 0 Å². The van der Waals surface area contributed by atoms with Gasteiger partial charge in [-0.3, -0.25) is 9.59 Å². The van der Waals surface area contributed by atoms with E-state index in [4.69, 9.17) is 0 Å². The van der Waals surface area contributed by atoms with Gasteiger partial charge in [-0.1, -0.05) is 17.8 Å². The summed E-state index contributed by atoms with van der Waals surface area (Å²) in [5.74, 6) is -0.207. The van der Waals surface area contributed by atoms with Gasteiger partial charge in [-0.2, -0.15) is 4.68 Å². The van der Waals surface area contributed by atoms with Gasteiger partial charge in [-0.25, -0.2) is 0 Å². The summed E-state index contributed by atoms with van der Waals surface area (Å²) in [7, 11) is 1.57. The first kappa shape index (κ1) is 19.6. The number of amides is 2. The first-order chi connectivity index (χ1) is 13.5. The molecule has 0 unspecified atom stereocenters. The van der Waals surface area contributed by atoms with Gasteiger partial charge in [-0.05, 0) is 71.8 Å². The molecule has 0 spiro atoms. The lowest BCUT2D eigenvalue weighted by atomic mass is 10.1. The zero-order valence-corrected chi connectivity index (χ0v) is 16.6. The number of nitrogens with zero attached hydrogens (tertiary/aromatic N) is 4. The number of aryl methyl sites for hydroxylation is 2. The molecular formula is C19H20N6O2S. The van der Waals surface area contributed by atoms with Gasteiger partial charge in [0, 0.05) is 18.3 Å². The predicted molar refractivity (Wildman–Crippen MR) is 108 cm³/mol. The number of rotatable bonds is 6. The van der Waals surface area contributed by atoms with E-state index in [0.29, 0.717) is 16.4 Å². The van der Waals surface area contributed by atoms with Crippen LogP contribution in [0.15, 0.2) is 47.6 Å². The minimum absolute atomic E-state index is 0.155. The Morgan fingerprint density at radius 1 is 1.07 bits per heavy atom. The largest absolute Gasteiger partial charge is 0.355 e. The predicted octanol–water partition coefficient (Wildman–Crippen LogP) is 2.37. The van der Waals surface area contributed by atoms with Crippen LogP contribution in [0.4, 0.5) is 5.69 Å². The van der Waals surface area contributed by atoms with Crippen LogP contribution in [0.5, 0.6) is 0 Å². The molecule has 0 saturated heterocycles. The van der Waals surface area contributed by atoms with Crippen molar-refractivity contribution < 1.29 is 9.59 Å². The topological polar surface area (TPSA) is 102 Å². The number of hydrogen-bond acceptors (Lipinski definition) is 6. The molecule has 0 atom stereocenters. The van der Waals surface area contributed by atoms with Crippen molar-refractivity contribution in [2.75, 3.05) is 18.1 Å². The van der Waals surface area contributed by atoms with Crippen molar-refractivity contribution in [3.05, 3.63) is 59.2 Å². The van der Waals surface area contributed by atoms with E-state index in [1.807, 2.05) is 26.0 Å². The summed E-state index contributed by atoms with van der Waals surface area (Å²) in [6.45, 7) is 4.02. The first-order valence-corrected chi connectivity index (χ1v) is 9.56. The summed E-state index contributed by atoms with van der Waals surface area (Å²) in [4.78, 5) is 23.8. The van der Waals surface area contributed by atoms with E-state index in [0.717, 1.165) is 16.8 Å². The first-order valence-electron chi connectivity index (χ1n) is 8.58. The normalized spacial score (nSPS) is 10.5. The quantitative estimate of drug-likeness (QED) is 0.620. The fraction of sp³-hybridized carbons (Fsp3) is 0.211. The number of aromatic nitrogens is 4. The minimum atomic E-state index is -0.187. The highest BCUT2D eigenvalue weighted by molar-refractivity contribution is 7.99. The molecule has 28 heavy (non-hydrogen) atoms. The van der Waals surface area contributed by atoms with Crippen molar-refractivity contribution in [1.29, 1.82) is 0 Å². The molecular weight excluding hydrogens is 376 g/mol. The van der Waals surface area contributed by atoms with Crippen LogP contribution in [0, 0.1) is 13.8 Å². The third-order valence-electron chi connectivity index (χ3n) is 3.88. The molecule has 144 valence electrons. The molecule has 3 rings (SSSR count). The standard InChI is InChI=1S/C19H20N6O2S/c1-12-8-13(2)10-16(9-12)25-19(22-23-24-25)28-11-17(26)21-15-6-4-14(5-7-15)18(27)20-3/h4-10H,11H2,1-3H3,(H,20,27)(H,21,26). The molecule has 0 radical (unpaired) electrons. The number of nitrogens with one attached hydrogen (secondary N) is 2. The van der Waals surface area contributed by atoms with Crippen LogP contribution in [0.2, 0.25) is 0 Å². The van der Waals surface area contributed by atoms with Crippen LogP contribution in [-0.2, 0) is 4.79 Å². The third kappa shape index (κ3) is 4.74. The number of hydrogen-bond donors (Lipinski definition) is 2. The van der Waals surface area contributed by atoms with E-state index in [1.165, 1.54) is 11.8 Å². The summed E-state index contributed by atoms with van der Waals surface area (Å²) < 4.78 is 1.62. The molecule has 1 aromatic heterocycles. The maximum Gasteiger partial charge on any atom is 0.251 e. The molecule has 9 heteroatoms. The number of thioether (sulfide) groups is 1. The second kappa shape index (κ2) is 8.66. The van der Waals surface area contributed by atoms with Crippen LogP contribution in [0.3, 0.4) is 0 Å². The van der Waals surface area contributed by atoms with Gasteiger partial charge in [-0.15, -0.1) is 5.10 Å². The zero-order chi connectivity index (χ0) is 20.1. The fourth-order valence-corrected chi connectivity index (χ4v) is 3.37. The summed E-state index contributed by atoms with van der Waals surface area (Å²) >= 11 is 1.25. The number of benzene rings is 2. The van der Waals surface area contributed by atoms with Gasteiger partial charge >= 0.3 is 0 Å². The molecule has 0 aliphatic carbocycles. The van der Waals surface area contributed by atoms with Crippen LogP contribution < -0.4 is 10.6 Å². The highest BCUT2D eigenvalue weighted by Crippen LogP contribution is 2.20. The Morgan fingerprint density at radius 3 is 2.39 bits per heavy atom. The van der Waals surface area contributed by atoms with Gasteiger partial charge in [0.05, 0.1) is 11.4 Å². The molecule has 0 bridgehead atoms. The van der Waals surface area contributed by atoms with Crippen LogP contribution in [0.1, 0.15) is 21.5 Å². The minimum Gasteiger partial charge on any atom is -0.355 e. The Balaban J connectivity index is 1.63.